The second kappa shape index (κ2) is 5.62. The van der Waals surface area contributed by atoms with Crippen molar-refractivity contribution < 1.29 is 4.79 Å². The maximum absolute atomic E-state index is 11.0. The molecule has 0 saturated carbocycles. The Morgan fingerprint density at radius 3 is 2.82 bits per heavy atom. The Kier molecular flexibility index (Phi) is 3.91. The van der Waals surface area contributed by atoms with Crippen LogP contribution in [0, 0.1) is 0 Å². The molecule has 1 aromatic rings. The van der Waals surface area contributed by atoms with E-state index >= 15 is 0 Å². The van der Waals surface area contributed by atoms with Crippen LogP contribution in [0.15, 0.2) is 35.3 Å². The van der Waals surface area contributed by atoms with Crippen molar-refractivity contribution in [2.45, 2.75) is 25.8 Å². The molecule has 0 aromatic heterocycles. The van der Waals surface area contributed by atoms with E-state index in [0.717, 1.165) is 37.1 Å². The maximum Gasteiger partial charge on any atom is 0.144 e. The third kappa shape index (κ3) is 2.54. The van der Waals surface area contributed by atoms with Gasteiger partial charge in [-0.15, -0.1) is 0 Å². The number of carbonyl (C=O) groups excluding carboxylic acids is 1. The van der Waals surface area contributed by atoms with Gasteiger partial charge in [0, 0.05) is 12.1 Å². The lowest BCUT2D eigenvalue weighted by Gasteiger charge is -2.24. The van der Waals surface area contributed by atoms with E-state index in [-0.39, 0.29) is 6.04 Å². The van der Waals surface area contributed by atoms with Crippen LogP contribution in [0.2, 0.25) is 0 Å². The highest BCUT2D eigenvalue weighted by Crippen LogP contribution is 2.16. The molecule has 1 atom stereocenters. The Balaban J connectivity index is 2.18. The maximum atomic E-state index is 11.0. The van der Waals surface area contributed by atoms with Gasteiger partial charge < -0.3 is 9.69 Å². The molecular weight excluding hydrogens is 212 g/mol. The van der Waals surface area contributed by atoms with Gasteiger partial charge in [0.15, 0.2) is 0 Å². The Hall–Kier alpha value is -1.64. The zero-order valence-electron chi connectivity index (χ0n) is 10.2. The van der Waals surface area contributed by atoms with Gasteiger partial charge in [0.1, 0.15) is 18.2 Å². The third-order valence-electron chi connectivity index (χ3n) is 3.04. The highest BCUT2D eigenvalue weighted by Gasteiger charge is 2.27. The first-order valence-electron chi connectivity index (χ1n) is 6.18. The lowest BCUT2D eigenvalue weighted by atomic mass is 10.1. The number of unbranched alkanes of at least 4 members (excludes halogenated alkanes) is 1. The van der Waals surface area contributed by atoms with E-state index in [0.29, 0.717) is 6.54 Å². The van der Waals surface area contributed by atoms with Crippen LogP contribution in [-0.4, -0.2) is 36.2 Å². The standard InChI is InChI=1S/C14H18N2O/c1-2-3-9-16-13(11-17)10-15-14(16)12-7-5-4-6-8-12/h4-8,11,13H,2-3,9-10H2,1H3. The van der Waals surface area contributed by atoms with Crippen LogP contribution in [0.3, 0.4) is 0 Å². The molecule has 0 spiro atoms. The van der Waals surface area contributed by atoms with Crippen molar-refractivity contribution in [3.63, 3.8) is 0 Å². The van der Waals surface area contributed by atoms with Crippen LogP contribution in [0.25, 0.3) is 0 Å². The molecule has 3 nitrogen and oxygen atoms in total. The number of aldehydes is 1. The van der Waals surface area contributed by atoms with Gasteiger partial charge in [0.05, 0.1) is 6.54 Å². The zero-order valence-corrected chi connectivity index (χ0v) is 10.2. The van der Waals surface area contributed by atoms with E-state index in [1.54, 1.807) is 0 Å². The molecule has 0 N–H and O–H groups in total. The average Bonchev–Trinajstić information content (AvgIpc) is 2.80. The Bertz CT molecular complexity index is 400. The first-order valence-corrected chi connectivity index (χ1v) is 6.18. The van der Waals surface area contributed by atoms with Crippen molar-refractivity contribution in [1.29, 1.82) is 0 Å². The predicted molar refractivity (Wildman–Crippen MR) is 69.3 cm³/mol. The molecule has 17 heavy (non-hydrogen) atoms. The van der Waals surface area contributed by atoms with Crippen LogP contribution in [-0.2, 0) is 4.79 Å². The van der Waals surface area contributed by atoms with E-state index in [9.17, 15) is 4.79 Å². The molecule has 2 rings (SSSR count). The molecule has 0 bridgehead atoms. The monoisotopic (exact) mass is 230 g/mol. The van der Waals surface area contributed by atoms with Gasteiger partial charge in [-0.3, -0.25) is 4.99 Å². The number of nitrogens with zero attached hydrogens (tertiary/aromatic N) is 2. The van der Waals surface area contributed by atoms with Gasteiger partial charge in [-0.2, -0.15) is 0 Å². The summed E-state index contributed by atoms with van der Waals surface area (Å²) in [6.07, 6.45) is 3.23. The number of hydrogen-bond acceptors (Lipinski definition) is 3. The van der Waals surface area contributed by atoms with Gasteiger partial charge in [-0.25, -0.2) is 0 Å². The van der Waals surface area contributed by atoms with E-state index < -0.39 is 0 Å². The fourth-order valence-corrected chi connectivity index (χ4v) is 2.09. The van der Waals surface area contributed by atoms with Gasteiger partial charge in [0.2, 0.25) is 0 Å². The molecule has 1 aliphatic heterocycles. The normalized spacial score (nSPS) is 19.2. The topological polar surface area (TPSA) is 32.7 Å². The van der Waals surface area contributed by atoms with E-state index in [1.807, 2.05) is 30.3 Å². The summed E-state index contributed by atoms with van der Waals surface area (Å²) in [7, 11) is 0. The van der Waals surface area contributed by atoms with E-state index in [4.69, 9.17) is 0 Å². The van der Waals surface area contributed by atoms with Gasteiger partial charge in [-0.05, 0) is 6.42 Å². The fourth-order valence-electron chi connectivity index (χ4n) is 2.09. The average molecular weight is 230 g/mol. The lowest BCUT2D eigenvalue weighted by Crippen LogP contribution is -2.38. The Labute approximate surface area is 102 Å². The molecule has 1 heterocycles. The SMILES string of the molecule is CCCCN1C(c2ccccc2)=NCC1C=O. The molecule has 0 aliphatic carbocycles. The number of rotatable bonds is 5. The highest BCUT2D eigenvalue weighted by molar-refractivity contribution is 6.01. The molecule has 0 fully saturated rings. The molecule has 1 aliphatic rings. The molecule has 0 saturated heterocycles. The number of benzene rings is 1. The van der Waals surface area contributed by atoms with Crippen molar-refractivity contribution >= 4 is 12.1 Å². The summed E-state index contributed by atoms with van der Waals surface area (Å²) >= 11 is 0. The first kappa shape index (κ1) is 11.8. The number of hydrogen-bond donors (Lipinski definition) is 0. The van der Waals surface area contributed by atoms with E-state index in [2.05, 4.69) is 16.8 Å². The summed E-state index contributed by atoms with van der Waals surface area (Å²) in [6.45, 7) is 3.66. The summed E-state index contributed by atoms with van der Waals surface area (Å²) in [5.74, 6) is 0.969. The third-order valence-corrected chi connectivity index (χ3v) is 3.04. The van der Waals surface area contributed by atoms with Crippen LogP contribution >= 0.6 is 0 Å². The second-order valence-electron chi connectivity index (χ2n) is 4.28. The molecular formula is C14H18N2O. The van der Waals surface area contributed by atoms with Crippen molar-refractivity contribution in [3.8, 4) is 0 Å². The van der Waals surface area contributed by atoms with Gasteiger partial charge >= 0.3 is 0 Å². The van der Waals surface area contributed by atoms with E-state index in [1.165, 1.54) is 0 Å². The summed E-state index contributed by atoms with van der Waals surface area (Å²) in [5.41, 5.74) is 1.10. The minimum absolute atomic E-state index is 0.0724. The van der Waals surface area contributed by atoms with Crippen molar-refractivity contribution in [2.75, 3.05) is 13.1 Å². The summed E-state index contributed by atoms with van der Waals surface area (Å²) in [4.78, 5) is 17.7. The van der Waals surface area contributed by atoms with Crippen molar-refractivity contribution in [3.05, 3.63) is 35.9 Å². The minimum atomic E-state index is -0.0724. The summed E-state index contributed by atoms with van der Waals surface area (Å²) < 4.78 is 0. The van der Waals surface area contributed by atoms with Crippen LogP contribution in [0.5, 0.6) is 0 Å². The molecule has 0 radical (unpaired) electrons. The molecule has 3 heteroatoms. The fraction of sp³-hybridized carbons (Fsp3) is 0.429. The predicted octanol–water partition coefficient (Wildman–Crippen LogP) is 2.12. The molecule has 0 amide bonds. The molecule has 90 valence electrons. The molecule has 1 unspecified atom stereocenters. The second-order valence-corrected chi connectivity index (χ2v) is 4.28. The van der Waals surface area contributed by atoms with Crippen LogP contribution in [0.4, 0.5) is 0 Å². The van der Waals surface area contributed by atoms with Crippen LogP contribution in [0.1, 0.15) is 25.3 Å². The summed E-state index contributed by atoms with van der Waals surface area (Å²) in [6, 6.07) is 10.0. The van der Waals surface area contributed by atoms with Gasteiger partial charge in [0.25, 0.3) is 0 Å². The Morgan fingerprint density at radius 1 is 1.41 bits per heavy atom. The highest BCUT2D eigenvalue weighted by atomic mass is 16.1. The zero-order chi connectivity index (χ0) is 12.1. The smallest absolute Gasteiger partial charge is 0.144 e. The van der Waals surface area contributed by atoms with Crippen molar-refractivity contribution in [2.24, 2.45) is 4.99 Å². The number of amidine groups is 1. The van der Waals surface area contributed by atoms with Crippen molar-refractivity contribution in [1.82, 2.24) is 4.90 Å². The largest absolute Gasteiger partial charge is 0.345 e. The minimum Gasteiger partial charge on any atom is -0.345 e. The quantitative estimate of drug-likeness (QED) is 0.726. The Morgan fingerprint density at radius 2 is 2.18 bits per heavy atom. The number of carbonyl (C=O) groups is 1. The number of aliphatic imine (C=N–C) groups is 1. The summed E-state index contributed by atoms with van der Waals surface area (Å²) in [5, 5.41) is 0. The van der Waals surface area contributed by atoms with Gasteiger partial charge in [-0.1, -0.05) is 43.7 Å². The lowest BCUT2D eigenvalue weighted by molar-refractivity contribution is -0.110. The van der Waals surface area contributed by atoms with Crippen LogP contribution < -0.4 is 0 Å². The molecule has 1 aromatic carbocycles. The first-order chi connectivity index (χ1) is 8.36.